The maximum absolute atomic E-state index is 13.9. The number of rotatable bonds is 3. The molecule has 0 unspecified atom stereocenters. The zero-order chi connectivity index (χ0) is 25.4. The van der Waals surface area contributed by atoms with Crippen molar-refractivity contribution in [2.75, 3.05) is 13.2 Å². The van der Waals surface area contributed by atoms with Gasteiger partial charge in [0.1, 0.15) is 30.3 Å². The second kappa shape index (κ2) is 12.6. The lowest BCUT2D eigenvalue weighted by atomic mass is 10.1. The molecular weight excluding hydrogens is 471 g/mol. The van der Waals surface area contributed by atoms with Crippen molar-refractivity contribution in [3.05, 3.63) is 70.1 Å². The largest absolute Gasteiger partial charge is 0.493 e. The molecule has 1 heterocycles. The van der Waals surface area contributed by atoms with Crippen LogP contribution in [0, 0.1) is 29.1 Å². The molecule has 0 saturated carbocycles. The first-order chi connectivity index (χ1) is 16.8. The second-order valence-electron chi connectivity index (χ2n) is 8.38. The number of carbonyl (C=O) groups is 1. The second-order valence-corrected chi connectivity index (χ2v) is 8.38. The van der Waals surface area contributed by atoms with Gasteiger partial charge >= 0.3 is 5.97 Å². The first kappa shape index (κ1) is 26.5. The summed E-state index contributed by atoms with van der Waals surface area (Å²) in [4.78, 5) is 12.6. The number of allylic oxidation sites excluding steroid dienone is 1. The minimum absolute atomic E-state index is 0.0606. The van der Waals surface area contributed by atoms with E-state index in [4.69, 9.17) is 14.2 Å². The number of ether oxygens (including phenoxy) is 3. The Morgan fingerprint density at radius 2 is 1.49 bits per heavy atom. The van der Waals surface area contributed by atoms with Crippen molar-refractivity contribution in [1.29, 1.82) is 0 Å². The van der Waals surface area contributed by atoms with Crippen LogP contribution in [-0.2, 0) is 11.3 Å². The fourth-order valence-corrected chi connectivity index (χ4v) is 3.61. The lowest BCUT2D eigenvalue weighted by molar-refractivity contribution is 0.0457. The van der Waals surface area contributed by atoms with E-state index >= 15 is 0 Å². The molecule has 0 fully saturated rings. The van der Waals surface area contributed by atoms with Crippen LogP contribution in [0.25, 0.3) is 0 Å². The fraction of sp³-hybridized carbons (Fsp3) is 0.423. The van der Waals surface area contributed by atoms with E-state index in [2.05, 4.69) is 6.08 Å². The topological polar surface area (TPSA) is 44.8 Å². The Hall–Kier alpha value is -3.10. The van der Waals surface area contributed by atoms with Gasteiger partial charge in [-0.2, -0.15) is 0 Å². The zero-order valence-electron chi connectivity index (χ0n) is 19.4. The Balaban J connectivity index is 1.78. The molecule has 3 rings (SSSR count). The molecule has 0 aliphatic carbocycles. The third kappa shape index (κ3) is 6.96. The Morgan fingerprint density at radius 3 is 2.20 bits per heavy atom. The Bertz CT molecular complexity index is 1050. The molecule has 190 valence electrons. The summed E-state index contributed by atoms with van der Waals surface area (Å²) in [6, 6.07) is 4.39. The number of fused-ring (bicyclic) bond motifs is 2. The minimum atomic E-state index is -2.28. The smallest absolute Gasteiger partial charge is 0.342 e. The van der Waals surface area contributed by atoms with Crippen molar-refractivity contribution in [2.45, 2.75) is 58.5 Å². The fourth-order valence-electron chi connectivity index (χ4n) is 3.61. The molecule has 4 nitrogen and oxygen atoms in total. The maximum atomic E-state index is 13.9. The van der Waals surface area contributed by atoms with Gasteiger partial charge in [-0.15, -0.1) is 0 Å². The van der Waals surface area contributed by atoms with E-state index in [-0.39, 0.29) is 11.3 Å². The predicted octanol–water partition coefficient (Wildman–Crippen LogP) is 7.19. The van der Waals surface area contributed by atoms with Crippen LogP contribution in [-0.4, -0.2) is 19.2 Å². The molecule has 0 aromatic heterocycles. The molecule has 0 atom stereocenters. The summed E-state index contributed by atoms with van der Waals surface area (Å²) in [5.41, 5.74) is -0.235. The van der Waals surface area contributed by atoms with Gasteiger partial charge in [0.25, 0.3) is 0 Å². The third-order valence-electron chi connectivity index (χ3n) is 5.64. The number of hydrogen-bond donors (Lipinski definition) is 0. The van der Waals surface area contributed by atoms with Crippen molar-refractivity contribution >= 4 is 5.97 Å². The van der Waals surface area contributed by atoms with E-state index in [0.29, 0.717) is 19.0 Å². The zero-order valence-corrected chi connectivity index (χ0v) is 19.4. The molecule has 1 aliphatic heterocycles. The van der Waals surface area contributed by atoms with Gasteiger partial charge in [0, 0.05) is 6.07 Å². The predicted molar refractivity (Wildman–Crippen MR) is 119 cm³/mol. The van der Waals surface area contributed by atoms with E-state index in [1.54, 1.807) is 0 Å². The standard InChI is InChI=1S/C26H27F5O4/c1-16-9-7-5-3-2-4-6-8-12-33-20-13-17(34-14-16)10-11-18(20)26(32)35-15-19-21(27)23(29)25(31)24(30)22(19)28/h9-11,13H,2-8,12,14-15H2,1H3/b16-9-. The molecule has 2 aromatic carbocycles. The average molecular weight is 498 g/mol. The first-order valence-corrected chi connectivity index (χ1v) is 11.5. The summed E-state index contributed by atoms with van der Waals surface area (Å²) >= 11 is 0. The van der Waals surface area contributed by atoms with Gasteiger partial charge in [-0.25, -0.2) is 26.7 Å². The van der Waals surface area contributed by atoms with Crippen LogP contribution in [0.15, 0.2) is 29.8 Å². The van der Waals surface area contributed by atoms with Crippen molar-refractivity contribution < 1.29 is 41.0 Å². The molecule has 9 heteroatoms. The summed E-state index contributed by atoms with van der Waals surface area (Å²) in [5.74, 6) is -11.1. The molecule has 0 radical (unpaired) electrons. The van der Waals surface area contributed by atoms with Crippen LogP contribution >= 0.6 is 0 Å². The molecule has 35 heavy (non-hydrogen) atoms. The van der Waals surface area contributed by atoms with E-state index in [9.17, 15) is 26.7 Å². The number of esters is 1. The summed E-state index contributed by atoms with van der Waals surface area (Å²) in [6.07, 6.45) is 9.27. The third-order valence-corrected chi connectivity index (χ3v) is 5.64. The first-order valence-electron chi connectivity index (χ1n) is 11.5. The highest BCUT2D eigenvalue weighted by Crippen LogP contribution is 2.28. The van der Waals surface area contributed by atoms with Crippen molar-refractivity contribution in [1.82, 2.24) is 0 Å². The van der Waals surface area contributed by atoms with Crippen LogP contribution in [0.5, 0.6) is 11.5 Å². The van der Waals surface area contributed by atoms with Crippen LogP contribution in [0.4, 0.5) is 22.0 Å². The highest BCUT2D eigenvalue weighted by Gasteiger charge is 2.27. The van der Waals surface area contributed by atoms with E-state index in [1.807, 2.05) is 6.92 Å². The normalized spacial score (nSPS) is 17.0. The Labute approximate surface area is 200 Å². The highest BCUT2D eigenvalue weighted by atomic mass is 19.2. The van der Waals surface area contributed by atoms with Gasteiger partial charge in [-0.1, -0.05) is 31.8 Å². The van der Waals surface area contributed by atoms with Gasteiger partial charge < -0.3 is 14.2 Å². The number of benzene rings is 2. The summed E-state index contributed by atoms with van der Waals surface area (Å²) in [5, 5.41) is 0. The minimum Gasteiger partial charge on any atom is -0.493 e. The molecular formula is C26H27F5O4. The Kier molecular flexibility index (Phi) is 9.51. The quantitative estimate of drug-likeness (QED) is 0.148. The molecule has 1 aliphatic rings. The molecule has 0 N–H and O–H groups in total. The van der Waals surface area contributed by atoms with Gasteiger partial charge in [-0.05, 0) is 43.9 Å². The number of halogens is 5. The summed E-state index contributed by atoms with van der Waals surface area (Å²) < 4.78 is 84.3. The van der Waals surface area contributed by atoms with Gasteiger partial charge in [0.05, 0.1) is 12.2 Å². The number of hydrogen-bond acceptors (Lipinski definition) is 4. The van der Waals surface area contributed by atoms with Gasteiger partial charge in [0.15, 0.2) is 23.3 Å². The van der Waals surface area contributed by atoms with Crippen LogP contribution in [0.2, 0.25) is 0 Å². The highest BCUT2D eigenvalue weighted by molar-refractivity contribution is 5.92. The van der Waals surface area contributed by atoms with E-state index in [1.165, 1.54) is 18.2 Å². The van der Waals surface area contributed by atoms with Crippen LogP contribution < -0.4 is 9.47 Å². The summed E-state index contributed by atoms with van der Waals surface area (Å²) in [7, 11) is 0. The van der Waals surface area contributed by atoms with Crippen LogP contribution in [0.3, 0.4) is 0 Å². The van der Waals surface area contributed by atoms with Crippen LogP contribution in [0.1, 0.15) is 67.8 Å². The SMILES string of the molecule is C/C1=C/CCCCCCCCOc2cc(ccc2C(=O)OCc2c(F)c(F)c(F)c(F)c2F)OC1. The monoisotopic (exact) mass is 498 g/mol. The average Bonchev–Trinajstić information content (AvgIpc) is 2.85. The summed E-state index contributed by atoms with van der Waals surface area (Å²) in [6.45, 7) is 1.49. The van der Waals surface area contributed by atoms with Crippen molar-refractivity contribution in [2.24, 2.45) is 0 Å². The lowest BCUT2D eigenvalue weighted by Crippen LogP contribution is -2.13. The van der Waals surface area contributed by atoms with Crippen molar-refractivity contribution in [3.63, 3.8) is 0 Å². The number of carbonyl (C=O) groups excluding carboxylic acids is 1. The molecule has 2 bridgehead atoms. The lowest BCUT2D eigenvalue weighted by Gasteiger charge is -2.15. The molecule has 2 aromatic rings. The Morgan fingerprint density at radius 1 is 0.857 bits per heavy atom. The molecule has 0 spiro atoms. The molecule has 0 saturated heterocycles. The van der Waals surface area contributed by atoms with Crippen molar-refractivity contribution in [3.8, 4) is 11.5 Å². The molecule has 0 amide bonds. The van der Waals surface area contributed by atoms with Gasteiger partial charge in [-0.3, -0.25) is 0 Å². The van der Waals surface area contributed by atoms with Gasteiger partial charge in [0.2, 0.25) is 5.82 Å². The van der Waals surface area contributed by atoms with E-state index in [0.717, 1.165) is 50.5 Å². The maximum Gasteiger partial charge on any atom is 0.342 e. The van der Waals surface area contributed by atoms with E-state index < -0.39 is 47.2 Å².